The van der Waals surface area contributed by atoms with Gasteiger partial charge in [0.05, 0.1) is 0 Å². The predicted octanol–water partition coefficient (Wildman–Crippen LogP) is 3.12. The maximum Gasteiger partial charge on any atom is 0.0367 e. The number of hydrogen-bond donors (Lipinski definition) is 1. The Bertz CT molecular complexity index is 233. The zero-order chi connectivity index (χ0) is 8.97. The molecule has 0 spiro atoms. The Labute approximate surface area is 74.9 Å². The lowest BCUT2D eigenvalue weighted by Crippen LogP contribution is -2.13. The molecule has 0 aromatic heterocycles. The van der Waals surface area contributed by atoms with Crippen molar-refractivity contribution in [3.8, 4) is 0 Å². The summed E-state index contributed by atoms with van der Waals surface area (Å²) in [4.78, 5) is 0. The molecular weight excluding hydrogens is 146 g/mol. The van der Waals surface area contributed by atoms with Crippen LogP contribution >= 0.6 is 0 Å². The van der Waals surface area contributed by atoms with Crippen LogP contribution in [0, 0.1) is 0 Å². The second-order valence-electron chi connectivity index (χ2n) is 3.16. The number of rotatable bonds is 3. The summed E-state index contributed by atoms with van der Waals surface area (Å²) in [5, 5.41) is 3.32. The Kier molecular flexibility index (Phi) is 3.15. The first-order valence-electron chi connectivity index (χ1n) is 4.56. The molecule has 1 aliphatic rings. The maximum atomic E-state index is 3.92. The van der Waals surface area contributed by atoms with E-state index in [-0.39, 0.29) is 0 Å². The summed E-state index contributed by atoms with van der Waals surface area (Å²) in [5.74, 6) is 0. The van der Waals surface area contributed by atoms with Gasteiger partial charge in [-0.05, 0) is 31.8 Å². The minimum Gasteiger partial charge on any atom is -0.360 e. The van der Waals surface area contributed by atoms with Crippen LogP contribution in [0.15, 0.2) is 35.7 Å². The van der Waals surface area contributed by atoms with Gasteiger partial charge in [-0.3, -0.25) is 0 Å². The first kappa shape index (κ1) is 9.11. The van der Waals surface area contributed by atoms with Gasteiger partial charge >= 0.3 is 0 Å². The number of nitrogens with one attached hydrogen (secondary N) is 1. The van der Waals surface area contributed by atoms with E-state index >= 15 is 0 Å². The summed E-state index contributed by atoms with van der Waals surface area (Å²) in [6.07, 6.45) is 7.83. The van der Waals surface area contributed by atoms with Gasteiger partial charge in [-0.15, -0.1) is 0 Å². The van der Waals surface area contributed by atoms with Crippen LogP contribution < -0.4 is 5.32 Å². The van der Waals surface area contributed by atoms with Gasteiger partial charge < -0.3 is 5.32 Å². The topological polar surface area (TPSA) is 12.0 Å². The minimum absolute atomic E-state index is 0.991. The van der Waals surface area contributed by atoms with E-state index in [4.69, 9.17) is 0 Å². The van der Waals surface area contributed by atoms with E-state index in [0.717, 1.165) is 18.5 Å². The lowest BCUT2D eigenvalue weighted by Gasteiger charge is -2.15. The SMILES string of the molecule is C=C(CC)NC1=CCCC=C1C. The van der Waals surface area contributed by atoms with E-state index in [0.29, 0.717) is 0 Å². The normalized spacial score (nSPS) is 16.5. The van der Waals surface area contributed by atoms with Crippen LogP contribution in [0.3, 0.4) is 0 Å². The van der Waals surface area contributed by atoms with Crippen LogP contribution in [0.1, 0.15) is 33.1 Å². The van der Waals surface area contributed by atoms with Crippen LogP contribution in [0.4, 0.5) is 0 Å². The molecule has 0 saturated heterocycles. The minimum atomic E-state index is 0.991. The summed E-state index contributed by atoms with van der Waals surface area (Å²) < 4.78 is 0. The van der Waals surface area contributed by atoms with Crippen LogP contribution in [-0.4, -0.2) is 0 Å². The zero-order valence-corrected chi connectivity index (χ0v) is 7.98. The summed E-state index contributed by atoms with van der Waals surface area (Å²) in [6, 6.07) is 0. The molecule has 0 aromatic rings. The van der Waals surface area contributed by atoms with Crippen LogP contribution in [-0.2, 0) is 0 Å². The van der Waals surface area contributed by atoms with Gasteiger partial charge in [-0.1, -0.05) is 25.7 Å². The first-order chi connectivity index (χ1) is 5.74. The Hall–Kier alpha value is -0.980. The van der Waals surface area contributed by atoms with Crippen LogP contribution in [0.5, 0.6) is 0 Å². The van der Waals surface area contributed by atoms with Crippen molar-refractivity contribution in [3.05, 3.63) is 35.7 Å². The van der Waals surface area contributed by atoms with Crippen molar-refractivity contribution >= 4 is 0 Å². The van der Waals surface area contributed by atoms with Gasteiger partial charge in [0, 0.05) is 11.4 Å². The molecule has 1 aliphatic carbocycles. The molecule has 0 amide bonds. The molecule has 0 aromatic carbocycles. The summed E-state index contributed by atoms with van der Waals surface area (Å²) in [7, 11) is 0. The van der Waals surface area contributed by atoms with Crippen molar-refractivity contribution in [1.82, 2.24) is 5.32 Å². The van der Waals surface area contributed by atoms with E-state index < -0.39 is 0 Å². The quantitative estimate of drug-likeness (QED) is 0.674. The molecule has 0 saturated carbocycles. The molecule has 0 bridgehead atoms. The fourth-order valence-corrected chi connectivity index (χ4v) is 1.23. The molecule has 1 heteroatoms. The van der Waals surface area contributed by atoms with Crippen molar-refractivity contribution in [2.24, 2.45) is 0 Å². The van der Waals surface area contributed by atoms with Gasteiger partial charge in [0.1, 0.15) is 0 Å². The molecule has 0 radical (unpaired) electrons. The zero-order valence-electron chi connectivity index (χ0n) is 7.98. The Morgan fingerprint density at radius 3 is 2.75 bits per heavy atom. The molecule has 66 valence electrons. The molecule has 0 unspecified atom stereocenters. The van der Waals surface area contributed by atoms with Crippen molar-refractivity contribution in [2.75, 3.05) is 0 Å². The molecule has 0 aliphatic heterocycles. The Morgan fingerprint density at radius 1 is 1.50 bits per heavy atom. The molecule has 12 heavy (non-hydrogen) atoms. The van der Waals surface area contributed by atoms with Crippen molar-refractivity contribution in [2.45, 2.75) is 33.1 Å². The summed E-state index contributed by atoms with van der Waals surface area (Å²) >= 11 is 0. The lowest BCUT2D eigenvalue weighted by molar-refractivity contribution is 0.865. The van der Waals surface area contributed by atoms with Gasteiger partial charge in [-0.2, -0.15) is 0 Å². The summed E-state index contributed by atoms with van der Waals surface area (Å²) in [6.45, 7) is 8.17. The summed E-state index contributed by atoms with van der Waals surface area (Å²) in [5.41, 5.74) is 3.68. The average Bonchev–Trinajstić information content (AvgIpc) is 2.09. The molecular formula is C11H17N. The standard InChI is InChI=1S/C11H17N/c1-4-10(3)12-11-8-6-5-7-9(11)2/h7-8,12H,3-6H2,1-2H3. The van der Waals surface area contributed by atoms with E-state index in [1.54, 1.807) is 0 Å². The van der Waals surface area contributed by atoms with Gasteiger partial charge in [0.2, 0.25) is 0 Å². The largest absolute Gasteiger partial charge is 0.360 e. The second kappa shape index (κ2) is 4.15. The van der Waals surface area contributed by atoms with Gasteiger partial charge in [0.25, 0.3) is 0 Å². The van der Waals surface area contributed by atoms with Crippen molar-refractivity contribution in [1.29, 1.82) is 0 Å². The van der Waals surface area contributed by atoms with E-state index in [1.165, 1.54) is 17.7 Å². The molecule has 1 nitrogen and oxygen atoms in total. The number of allylic oxidation sites excluding steroid dienone is 4. The predicted molar refractivity (Wildman–Crippen MR) is 53.6 cm³/mol. The van der Waals surface area contributed by atoms with Gasteiger partial charge in [0.15, 0.2) is 0 Å². The molecule has 0 atom stereocenters. The highest BCUT2D eigenvalue weighted by Crippen LogP contribution is 2.16. The average molecular weight is 163 g/mol. The fraction of sp³-hybridized carbons (Fsp3) is 0.455. The second-order valence-corrected chi connectivity index (χ2v) is 3.16. The fourth-order valence-electron chi connectivity index (χ4n) is 1.23. The van der Waals surface area contributed by atoms with Crippen molar-refractivity contribution in [3.63, 3.8) is 0 Å². The highest BCUT2D eigenvalue weighted by molar-refractivity contribution is 5.32. The van der Waals surface area contributed by atoms with E-state index in [2.05, 4.69) is 37.9 Å². The third kappa shape index (κ3) is 2.26. The third-order valence-corrected chi connectivity index (χ3v) is 2.13. The maximum absolute atomic E-state index is 3.92. The Balaban J connectivity index is 2.57. The van der Waals surface area contributed by atoms with E-state index in [9.17, 15) is 0 Å². The van der Waals surface area contributed by atoms with Crippen molar-refractivity contribution < 1.29 is 0 Å². The third-order valence-electron chi connectivity index (χ3n) is 2.13. The highest BCUT2D eigenvalue weighted by Gasteiger charge is 2.03. The number of hydrogen-bond acceptors (Lipinski definition) is 1. The van der Waals surface area contributed by atoms with Crippen LogP contribution in [0.25, 0.3) is 0 Å². The first-order valence-corrected chi connectivity index (χ1v) is 4.56. The van der Waals surface area contributed by atoms with Gasteiger partial charge in [-0.25, -0.2) is 0 Å². The lowest BCUT2D eigenvalue weighted by atomic mass is 10.0. The molecule has 0 heterocycles. The molecule has 1 N–H and O–H groups in total. The molecule has 0 fully saturated rings. The molecule has 1 rings (SSSR count). The Morgan fingerprint density at radius 2 is 2.17 bits per heavy atom. The van der Waals surface area contributed by atoms with E-state index in [1.807, 2.05) is 0 Å². The highest BCUT2D eigenvalue weighted by atomic mass is 14.9. The monoisotopic (exact) mass is 163 g/mol. The smallest absolute Gasteiger partial charge is 0.0367 e. The van der Waals surface area contributed by atoms with Crippen LogP contribution in [0.2, 0.25) is 0 Å².